The van der Waals surface area contributed by atoms with E-state index in [1.165, 1.54) is 5.54 Å². The van der Waals surface area contributed by atoms with Crippen molar-refractivity contribution in [1.29, 1.82) is 0 Å². The number of methoxy groups -OCH3 is 1. The van der Waals surface area contributed by atoms with Crippen LogP contribution in [0.1, 0.15) is 33.3 Å². The molecule has 0 atom stereocenters. The Balaban J connectivity index is 2.86. The van der Waals surface area contributed by atoms with Gasteiger partial charge >= 0.3 is 0 Å². The first-order chi connectivity index (χ1) is 9.35. The zero-order valence-electron chi connectivity index (χ0n) is 12.9. The maximum absolute atomic E-state index is 5.81. The van der Waals surface area contributed by atoms with Crippen LogP contribution in [0, 0.1) is 0 Å². The van der Waals surface area contributed by atoms with Crippen molar-refractivity contribution in [3.63, 3.8) is 0 Å². The normalized spacial score (nSPS) is 12.4. The number of nitrogens with one attached hydrogen (secondary N) is 1. The summed E-state index contributed by atoms with van der Waals surface area (Å²) in [5.41, 5.74) is 3.64. The molecule has 1 rings (SSSR count). The molecular formula is C16H24ClNO2. The molecule has 0 saturated heterocycles. The van der Waals surface area contributed by atoms with E-state index in [2.05, 4.69) is 26.1 Å². The summed E-state index contributed by atoms with van der Waals surface area (Å²) < 4.78 is 11.1. The van der Waals surface area contributed by atoms with E-state index in [0.717, 1.165) is 29.2 Å². The third kappa shape index (κ3) is 5.85. The lowest BCUT2D eigenvalue weighted by Crippen LogP contribution is -2.35. The highest BCUT2D eigenvalue weighted by atomic mass is 35.5. The highest BCUT2D eigenvalue weighted by molar-refractivity contribution is 6.25. The van der Waals surface area contributed by atoms with Crippen molar-refractivity contribution in [3.05, 3.63) is 34.9 Å². The van der Waals surface area contributed by atoms with Crippen LogP contribution in [0.3, 0.4) is 0 Å². The van der Waals surface area contributed by atoms with Crippen LogP contribution in [0.15, 0.2) is 29.3 Å². The minimum Gasteiger partial charge on any atom is -0.497 e. The molecule has 0 spiro atoms. The van der Waals surface area contributed by atoms with E-state index < -0.39 is 0 Å². The molecule has 0 radical (unpaired) electrons. The summed E-state index contributed by atoms with van der Waals surface area (Å²) >= 11 is 5.65. The molecule has 0 saturated carbocycles. The van der Waals surface area contributed by atoms with Crippen molar-refractivity contribution < 1.29 is 9.47 Å². The second-order valence-corrected chi connectivity index (χ2v) is 6.04. The van der Waals surface area contributed by atoms with Crippen molar-refractivity contribution in [1.82, 2.24) is 5.32 Å². The number of hydrogen-bond donors (Lipinski definition) is 1. The summed E-state index contributed by atoms with van der Waals surface area (Å²) in [6.07, 6.45) is 0. The molecule has 0 aromatic heterocycles. The molecule has 112 valence electrons. The standard InChI is InChI=1S/C16H24ClNO2/c1-12(9-17)11-20-15-7-6-14(19-5)8-13(15)10-18-16(2,3)4/h6-9,18H,10-11H2,1-5H3/b12-9+. The first kappa shape index (κ1) is 16.9. The van der Waals surface area contributed by atoms with E-state index >= 15 is 0 Å². The molecule has 0 aliphatic heterocycles. The van der Waals surface area contributed by atoms with Crippen LogP contribution >= 0.6 is 11.6 Å². The Hall–Kier alpha value is -1.19. The predicted octanol–water partition coefficient (Wildman–Crippen LogP) is 4.10. The van der Waals surface area contributed by atoms with E-state index in [0.29, 0.717) is 6.61 Å². The van der Waals surface area contributed by atoms with E-state index in [4.69, 9.17) is 21.1 Å². The lowest BCUT2D eigenvalue weighted by molar-refractivity contribution is 0.341. The van der Waals surface area contributed by atoms with Crippen LogP contribution in [-0.4, -0.2) is 19.3 Å². The summed E-state index contributed by atoms with van der Waals surface area (Å²) in [4.78, 5) is 0. The Kier molecular flexibility index (Phi) is 6.37. The van der Waals surface area contributed by atoms with Gasteiger partial charge in [-0.25, -0.2) is 0 Å². The number of rotatable bonds is 6. The number of hydrogen-bond acceptors (Lipinski definition) is 3. The van der Waals surface area contributed by atoms with Crippen molar-refractivity contribution in [2.45, 2.75) is 39.8 Å². The zero-order valence-corrected chi connectivity index (χ0v) is 13.7. The van der Waals surface area contributed by atoms with Gasteiger partial charge in [-0.2, -0.15) is 0 Å². The van der Waals surface area contributed by atoms with Crippen LogP contribution in [0.4, 0.5) is 0 Å². The van der Waals surface area contributed by atoms with Gasteiger partial charge in [0.15, 0.2) is 0 Å². The van der Waals surface area contributed by atoms with Gasteiger partial charge in [-0.05, 0) is 51.5 Å². The van der Waals surface area contributed by atoms with Crippen molar-refractivity contribution in [2.24, 2.45) is 0 Å². The summed E-state index contributed by atoms with van der Waals surface area (Å²) in [5, 5.41) is 3.46. The largest absolute Gasteiger partial charge is 0.497 e. The molecule has 1 aromatic rings. The molecule has 0 aliphatic rings. The number of halogens is 1. The van der Waals surface area contributed by atoms with E-state index in [1.807, 2.05) is 25.1 Å². The third-order valence-corrected chi connectivity index (χ3v) is 3.09. The van der Waals surface area contributed by atoms with Gasteiger partial charge in [0.05, 0.1) is 7.11 Å². The van der Waals surface area contributed by atoms with Crippen molar-refractivity contribution in [2.75, 3.05) is 13.7 Å². The Morgan fingerprint density at radius 3 is 2.60 bits per heavy atom. The van der Waals surface area contributed by atoms with Gasteiger partial charge in [-0.15, -0.1) is 0 Å². The molecule has 1 aromatic carbocycles. The lowest BCUT2D eigenvalue weighted by atomic mass is 10.1. The lowest BCUT2D eigenvalue weighted by Gasteiger charge is -2.22. The Morgan fingerprint density at radius 2 is 2.05 bits per heavy atom. The molecule has 0 unspecified atom stereocenters. The Labute approximate surface area is 126 Å². The molecule has 1 N–H and O–H groups in total. The molecule has 0 bridgehead atoms. The maximum atomic E-state index is 5.81. The Morgan fingerprint density at radius 1 is 1.35 bits per heavy atom. The maximum Gasteiger partial charge on any atom is 0.124 e. The number of ether oxygens (including phenoxy) is 2. The molecule has 0 heterocycles. The fourth-order valence-electron chi connectivity index (χ4n) is 1.55. The van der Waals surface area contributed by atoms with Gasteiger partial charge in [0.1, 0.15) is 18.1 Å². The number of benzene rings is 1. The molecular weight excluding hydrogens is 274 g/mol. The average molecular weight is 298 g/mol. The average Bonchev–Trinajstić information content (AvgIpc) is 2.41. The smallest absolute Gasteiger partial charge is 0.124 e. The van der Waals surface area contributed by atoms with Crippen LogP contribution in [0.25, 0.3) is 0 Å². The van der Waals surface area contributed by atoms with E-state index in [-0.39, 0.29) is 5.54 Å². The molecule has 0 fully saturated rings. The first-order valence-corrected chi connectivity index (χ1v) is 7.10. The fraction of sp³-hybridized carbons (Fsp3) is 0.500. The molecule has 20 heavy (non-hydrogen) atoms. The summed E-state index contributed by atoms with van der Waals surface area (Å²) in [7, 11) is 1.66. The van der Waals surface area contributed by atoms with E-state index in [9.17, 15) is 0 Å². The summed E-state index contributed by atoms with van der Waals surface area (Å²) in [6.45, 7) is 9.54. The van der Waals surface area contributed by atoms with Crippen LogP contribution in [0.5, 0.6) is 11.5 Å². The van der Waals surface area contributed by atoms with E-state index in [1.54, 1.807) is 7.11 Å². The Bertz CT molecular complexity index is 464. The predicted molar refractivity (Wildman–Crippen MR) is 84.7 cm³/mol. The first-order valence-electron chi connectivity index (χ1n) is 6.66. The van der Waals surface area contributed by atoms with Crippen LogP contribution in [0.2, 0.25) is 0 Å². The van der Waals surface area contributed by atoms with Gasteiger partial charge < -0.3 is 14.8 Å². The van der Waals surface area contributed by atoms with Gasteiger partial charge in [0.2, 0.25) is 0 Å². The topological polar surface area (TPSA) is 30.5 Å². The minimum absolute atomic E-state index is 0.0479. The SMILES string of the molecule is COc1ccc(OC/C(C)=C/Cl)c(CNC(C)(C)C)c1. The second kappa shape index (κ2) is 7.55. The van der Waals surface area contributed by atoms with Gasteiger partial charge in [0.25, 0.3) is 0 Å². The quantitative estimate of drug-likeness (QED) is 0.857. The molecule has 4 heteroatoms. The van der Waals surface area contributed by atoms with Crippen LogP contribution < -0.4 is 14.8 Å². The second-order valence-electron chi connectivity index (χ2n) is 5.82. The molecule has 3 nitrogen and oxygen atoms in total. The van der Waals surface area contributed by atoms with Gasteiger partial charge in [0, 0.05) is 23.2 Å². The van der Waals surface area contributed by atoms with Gasteiger partial charge in [-0.1, -0.05) is 11.6 Å². The van der Waals surface area contributed by atoms with Crippen LogP contribution in [-0.2, 0) is 6.54 Å². The highest BCUT2D eigenvalue weighted by Crippen LogP contribution is 2.25. The molecule has 0 aliphatic carbocycles. The highest BCUT2D eigenvalue weighted by Gasteiger charge is 2.12. The third-order valence-electron chi connectivity index (χ3n) is 2.72. The minimum atomic E-state index is 0.0479. The summed E-state index contributed by atoms with van der Waals surface area (Å²) in [5.74, 6) is 1.67. The van der Waals surface area contributed by atoms with Gasteiger partial charge in [-0.3, -0.25) is 0 Å². The molecule has 0 amide bonds. The zero-order chi connectivity index (χ0) is 15.2. The fourth-order valence-corrected chi connectivity index (χ4v) is 1.61. The van der Waals surface area contributed by atoms with Crippen molar-refractivity contribution in [3.8, 4) is 11.5 Å². The summed E-state index contributed by atoms with van der Waals surface area (Å²) in [6, 6.07) is 5.82. The monoisotopic (exact) mass is 297 g/mol. The van der Waals surface area contributed by atoms with Crippen molar-refractivity contribution >= 4 is 11.6 Å².